The number of hydrogen-bond acceptors (Lipinski definition) is 3. The lowest BCUT2D eigenvalue weighted by atomic mass is 9.99. The van der Waals surface area contributed by atoms with Gasteiger partial charge in [-0.3, -0.25) is 4.90 Å². The lowest BCUT2D eigenvalue weighted by Crippen LogP contribution is -2.49. The van der Waals surface area contributed by atoms with Gasteiger partial charge in [0.05, 0.1) is 6.10 Å². The number of benzene rings is 2. The number of aliphatic hydroxyl groups is 1. The molecule has 2 aromatic carbocycles. The topological polar surface area (TPSA) is 35.5 Å². The Morgan fingerprint density at radius 3 is 2.12 bits per heavy atom. The van der Waals surface area contributed by atoms with Crippen LogP contribution < -0.4 is 5.32 Å². The first-order valence-corrected chi connectivity index (χ1v) is 9.45. The van der Waals surface area contributed by atoms with Crippen LogP contribution >= 0.6 is 0 Å². The molecule has 1 fully saturated rings. The third-order valence-electron chi connectivity index (χ3n) is 5.20. The van der Waals surface area contributed by atoms with Crippen LogP contribution in [0.3, 0.4) is 0 Å². The number of hydrogen-bond donors (Lipinski definition) is 2. The predicted octanol–water partition coefficient (Wildman–Crippen LogP) is 3.23. The van der Waals surface area contributed by atoms with Crippen molar-refractivity contribution in [3.63, 3.8) is 0 Å². The van der Waals surface area contributed by atoms with Crippen molar-refractivity contribution in [2.24, 2.45) is 0 Å². The van der Waals surface area contributed by atoms with Gasteiger partial charge in [-0.25, -0.2) is 0 Å². The fraction of sp³-hybridized carbons (Fsp3) is 0.455. The first-order valence-electron chi connectivity index (χ1n) is 9.45. The zero-order chi connectivity index (χ0) is 17.5. The van der Waals surface area contributed by atoms with Gasteiger partial charge in [0.1, 0.15) is 0 Å². The minimum atomic E-state index is -0.343. The minimum absolute atomic E-state index is 0.117. The normalized spacial score (nSPS) is 18.8. The van der Waals surface area contributed by atoms with Crippen LogP contribution in [0.5, 0.6) is 0 Å². The van der Waals surface area contributed by atoms with Crippen molar-refractivity contribution >= 4 is 0 Å². The summed E-state index contributed by atoms with van der Waals surface area (Å²) in [4.78, 5) is 2.53. The molecule has 0 aliphatic carbocycles. The zero-order valence-electron chi connectivity index (χ0n) is 15.1. The molecule has 1 aliphatic heterocycles. The first-order chi connectivity index (χ1) is 12.2. The number of nitrogens with zero attached hydrogens (tertiary/aromatic N) is 1. The molecule has 3 rings (SSSR count). The lowest BCUT2D eigenvalue weighted by Gasteiger charge is -2.35. The van der Waals surface area contributed by atoms with Gasteiger partial charge in [0.25, 0.3) is 0 Å². The molecule has 1 saturated heterocycles. The van der Waals surface area contributed by atoms with E-state index in [1.807, 2.05) is 18.2 Å². The Hall–Kier alpha value is -1.68. The quantitative estimate of drug-likeness (QED) is 0.814. The molecule has 3 heteroatoms. The SMILES string of the molecule is CC(NC1CCN(Cc2ccccc2)CC1)C(O)Cc1ccccc1. The molecule has 0 bridgehead atoms. The molecule has 1 aliphatic rings. The second kappa shape index (κ2) is 9.14. The van der Waals surface area contributed by atoms with Gasteiger partial charge in [0.15, 0.2) is 0 Å². The fourth-order valence-corrected chi connectivity index (χ4v) is 3.61. The highest BCUT2D eigenvalue weighted by Crippen LogP contribution is 2.15. The average molecular weight is 338 g/mol. The van der Waals surface area contributed by atoms with Gasteiger partial charge in [-0.05, 0) is 50.4 Å². The summed E-state index contributed by atoms with van der Waals surface area (Å²) in [5, 5.41) is 14.1. The van der Waals surface area contributed by atoms with E-state index in [9.17, 15) is 5.11 Å². The van der Waals surface area contributed by atoms with E-state index in [1.165, 1.54) is 11.1 Å². The summed E-state index contributed by atoms with van der Waals surface area (Å²) < 4.78 is 0. The van der Waals surface area contributed by atoms with E-state index in [1.54, 1.807) is 0 Å². The molecule has 0 amide bonds. The Bertz CT molecular complexity index is 608. The molecule has 2 atom stereocenters. The van der Waals surface area contributed by atoms with Crippen molar-refractivity contribution in [1.29, 1.82) is 0 Å². The Balaban J connectivity index is 1.40. The van der Waals surface area contributed by atoms with Crippen molar-refractivity contribution in [1.82, 2.24) is 10.2 Å². The number of piperidine rings is 1. The summed E-state index contributed by atoms with van der Waals surface area (Å²) in [7, 11) is 0. The number of nitrogens with one attached hydrogen (secondary N) is 1. The predicted molar refractivity (Wildman–Crippen MR) is 103 cm³/mol. The molecule has 0 spiro atoms. The molecule has 0 saturated carbocycles. The molecule has 25 heavy (non-hydrogen) atoms. The van der Waals surface area contributed by atoms with Gasteiger partial charge in [0, 0.05) is 18.6 Å². The maximum atomic E-state index is 10.5. The summed E-state index contributed by atoms with van der Waals surface area (Å²) in [6, 6.07) is 21.6. The highest BCUT2D eigenvalue weighted by molar-refractivity contribution is 5.16. The summed E-state index contributed by atoms with van der Waals surface area (Å²) in [5.41, 5.74) is 2.59. The molecule has 3 nitrogen and oxygen atoms in total. The molecule has 2 unspecified atom stereocenters. The van der Waals surface area contributed by atoms with Crippen LogP contribution in [-0.4, -0.2) is 41.3 Å². The van der Waals surface area contributed by atoms with Crippen LogP contribution in [0, 0.1) is 0 Å². The van der Waals surface area contributed by atoms with Crippen molar-refractivity contribution in [3.8, 4) is 0 Å². The first kappa shape index (κ1) is 18.1. The van der Waals surface area contributed by atoms with E-state index in [0.717, 1.165) is 32.5 Å². The van der Waals surface area contributed by atoms with Crippen LogP contribution in [-0.2, 0) is 13.0 Å². The van der Waals surface area contributed by atoms with E-state index in [4.69, 9.17) is 0 Å². The Kier molecular flexibility index (Phi) is 6.62. The summed E-state index contributed by atoms with van der Waals surface area (Å²) in [5.74, 6) is 0. The Labute approximate surface area is 151 Å². The number of likely N-dealkylation sites (tertiary alicyclic amines) is 1. The summed E-state index contributed by atoms with van der Waals surface area (Å²) >= 11 is 0. The molecule has 2 N–H and O–H groups in total. The van der Waals surface area contributed by atoms with Gasteiger partial charge < -0.3 is 10.4 Å². The van der Waals surface area contributed by atoms with Crippen LogP contribution in [0.2, 0.25) is 0 Å². The third-order valence-corrected chi connectivity index (χ3v) is 5.20. The van der Waals surface area contributed by atoms with E-state index >= 15 is 0 Å². The maximum absolute atomic E-state index is 10.5. The van der Waals surface area contributed by atoms with Crippen molar-refractivity contribution in [2.45, 2.75) is 50.9 Å². The van der Waals surface area contributed by atoms with Gasteiger partial charge in [-0.2, -0.15) is 0 Å². The minimum Gasteiger partial charge on any atom is -0.391 e. The van der Waals surface area contributed by atoms with Crippen LogP contribution in [0.4, 0.5) is 0 Å². The molecule has 0 aromatic heterocycles. The van der Waals surface area contributed by atoms with Crippen molar-refractivity contribution in [3.05, 3.63) is 71.8 Å². The van der Waals surface area contributed by atoms with E-state index in [2.05, 4.69) is 59.6 Å². The second-order valence-corrected chi connectivity index (χ2v) is 7.25. The monoisotopic (exact) mass is 338 g/mol. The molecular weight excluding hydrogens is 308 g/mol. The van der Waals surface area contributed by atoms with Crippen molar-refractivity contribution < 1.29 is 5.11 Å². The fourth-order valence-electron chi connectivity index (χ4n) is 3.61. The maximum Gasteiger partial charge on any atom is 0.0730 e. The summed E-state index contributed by atoms with van der Waals surface area (Å²) in [6.07, 6.45) is 2.66. The average Bonchev–Trinajstić information content (AvgIpc) is 2.65. The molecule has 0 radical (unpaired) electrons. The Morgan fingerprint density at radius 1 is 0.960 bits per heavy atom. The van der Waals surface area contributed by atoms with E-state index in [0.29, 0.717) is 12.5 Å². The van der Waals surface area contributed by atoms with Crippen LogP contribution in [0.15, 0.2) is 60.7 Å². The van der Waals surface area contributed by atoms with Gasteiger partial charge in [0.2, 0.25) is 0 Å². The molecular formula is C22H30N2O. The van der Waals surface area contributed by atoms with Gasteiger partial charge >= 0.3 is 0 Å². The van der Waals surface area contributed by atoms with Crippen LogP contribution in [0.1, 0.15) is 30.9 Å². The number of rotatable bonds is 7. The van der Waals surface area contributed by atoms with Crippen molar-refractivity contribution in [2.75, 3.05) is 13.1 Å². The van der Waals surface area contributed by atoms with Crippen LogP contribution in [0.25, 0.3) is 0 Å². The van der Waals surface area contributed by atoms with E-state index in [-0.39, 0.29) is 12.1 Å². The highest BCUT2D eigenvalue weighted by Gasteiger charge is 2.23. The zero-order valence-corrected chi connectivity index (χ0v) is 15.1. The largest absolute Gasteiger partial charge is 0.391 e. The number of aliphatic hydroxyl groups excluding tert-OH is 1. The molecule has 2 aromatic rings. The molecule has 134 valence electrons. The molecule has 1 heterocycles. The third kappa shape index (κ3) is 5.67. The Morgan fingerprint density at radius 2 is 1.52 bits per heavy atom. The lowest BCUT2D eigenvalue weighted by molar-refractivity contribution is 0.113. The summed E-state index contributed by atoms with van der Waals surface area (Å²) in [6.45, 7) is 5.38. The smallest absolute Gasteiger partial charge is 0.0730 e. The second-order valence-electron chi connectivity index (χ2n) is 7.25. The highest BCUT2D eigenvalue weighted by atomic mass is 16.3. The van der Waals surface area contributed by atoms with E-state index < -0.39 is 0 Å². The van der Waals surface area contributed by atoms with Gasteiger partial charge in [-0.1, -0.05) is 60.7 Å². The standard InChI is InChI=1S/C22H30N2O/c1-18(22(25)16-19-8-4-2-5-9-19)23-21-12-14-24(15-13-21)17-20-10-6-3-7-11-20/h2-11,18,21-23,25H,12-17H2,1H3. The van der Waals surface area contributed by atoms with Gasteiger partial charge in [-0.15, -0.1) is 0 Å².